The van der Waals surface area contributed by atoms with Gasteiger partial charge < -0.3 is 9.84 Å². The standard InChI is InChI=1S/C13H24O2/c1-11(2)13(14,10-15-3)12-8-6-4-5-7-9-12/h8,11,14H,4-7,9-10H2,1-3H3. The van der Waals surface area contributed by atoms with E-state index in [4.69, 9.17) is 4.74 Å². The van der Waals surface area contributed by atoms with Gasteiger partial charge in [-0.25, -0.2) is 0 Å². The van der Waals surface area contributed by atoms with Gasteiger partial charge in [0.25, 0.3) is 0 Å². The summed E-state index contributed by atoms with van der Waals surface area (Å²) in [7, 11) is 1.66. The minimum Gasteiger partial charge on any atom is -0.383 e. The van der Waals surface area contributed by atoms with Gasteiger partial charge in [-0.1, -0.05) is 26.3 Å². The lowest BCUT2D eigenvalue weighted by Gasteiger charge is -2.34. The van der Waals surface area contributed by atoms with Crippen LogP contribution in [0.25, 0.3) is 0 Å². The van der Waals surface area contributed by atoms with Crippen molar-refractivity contribution in [1.82, 2.24) is 0 Å². The maximum Gasteiger partial charge on any atom is 0.111 e. The SMILES string of the molecule is COCC(O)(C1=CCCCCC1)C(C)C. The molecule has 15 heavy (non-hydrogen) atoms. The molecule has 2 heteroatoms. The first-order valence-electron chi connectivity index (χ1n) is 6.02. The van der Waals surface area contributed by atoms with Gasteiger partial charge in [-0.3, -0.25) is 0 Å². The zero-order chi connectivity index (χ0) is 11.3. The minimum absolute atomic E-state index is 0.210. The van der Waals surface area contributed by atoms with E-state index in [1.165, 1.54) is 24.8 Å². The molecule has 0 spiro atoms. The van der Waals surface area contributed by atoms with Crippen molar-refractivity contribution in [2.45, 2.75) is 51.6 Å². The van der Waals surface area contributed by atoms with Crippen LogP contribution in [-0.4, -0.2) is 24.4 Å². The fraction of sp³-hybridized carbons (Fsp3) is 0.846. The summed E-state index contributed by atoms with van der Waals surface area (Å²) in [6, 6.07) is 0. The van der Waals surface area contributed by atoms with Crippen LogP contribution in [0.15, 0.2) is 11.6 Å². The Hall–Kier alpha value is -0.340. The van der Waals surface area contributed by atoms with Gasteiger partial charge in [0.1, 0.15) is 5.60 Å². The van der Waals surface area contributed by atoms with Crippen LogP contribution in [0.5, 0.6) is 0 Å². The molecule has 1 atom stereocenters. The predicted molar refractivity (Wildman–Crippen MR) is 62.8 cm³/mol. The van der Waals surface area contributed by atoms with Crippen molar-refractivity contribution in [3.05, 3.63) is 11.6 Å². The predicted octanol–water partition coefficient (Wildman–Crippen LogP) is 2.91. The van der Waals surface area contributed by atoms with E-state index >= 15 is 0 Å². The van der Waals surface area contributed by atoms with Crippen LogP contribution in [0.3, 0.4) is 0 Å². The summed E-state index contributed by atoms with van der Waals surface area (Å²) < 4.78 is 5.17. The smallest absolute Gasteiger partial charge is 0.111 e. The van der Waals surface area contributed by atoms with Crippen molar-refractivity contribution in [2.75, 3.05) is 13.7 Å². The summed E-state index contributed by atoms with van der Waals surface area (Å²) in [5.74, 6) is 0.210. The van der Waals surface area contributed by atoms with Crippen molar-refractivity contribution < 1.29 is 9.84 Å². The first-order valence-corrected chi connectivity index (χ1v) is 6.02. The second-order valence-corrected chi connectivity index (χ2v) is 4.84. The van der Waals surface area contributed by atoms with E-state index in [-0.39, 0.29) is 5.92 Å². The molecule has 0 saturated carbocycles. The zero-order valence-corrected chi connectivity index (χ0v) is 10.3. The number of hydrogen-bond donors (Lipinski definition) is 1. The topological polar surface area (TPSA) is 29.5 Å². The van der Waals surface area contributed by atoms with E-state index < -0.39 is 5.60 Å². The van der Waals surface area contributed by atoms with Crippen LogP contribution in [0, 0.1) is 5.92 Å². The molecule has 0 amide bonds. The van der Waals surface area contributed by atoms with E-state index in [1.54, 1.807) is 7.11 Å². The molecule has 1 aliphatic carbocycles. The fourth-order valence-electron chi connectivity index (χ4n) is 2.26. The molecule has 0 radical (unpaired) electrons. The van der Waals surface area contributed by atoms with E-state index in [2.05, 4.69) is 19.9 Å². The molecule has 0 bridgehead atoms. The number of hydrogen-bond acceptors (Lipinski definition) is 2. The van der Waals surface area contributed by atoms with E-state index in [0.29, 0.717) is 6.61 Å². The first-order chi connectivity index (χ1) is 7.11. The Kier molecular flexibility index (Phi) is 4.81. The quantitative estimate of drug-likeness (QED) is 0.726. The molecule has 0 aliphatic heterocycles. The molecule has 1 aliphatic rings. The lowest BCUT2D eigenvalue weighted by molar-refractivity contribution is -0.0377. The molecule has 88 valence electrons. The normalized spacial score (nSPS) is 22.1. The lowest BCUT2D eigenvalue weighted by atomic mass is 9.81. The van der Waals surface area contributed by atoms with Crippen molar-refractivity contribution >= 4 is 0 Å². The molecular formula is C13H24O2. The Morgan fingerprint density at radius 3 is 2.73 bits per heavy atom. The monoisotopic (exact) mass is 212 g/mol. The van der Waals surface area contributed by atoms with Gasteiger partial charge in [0, 0.05) is 7.11 Å². The number of ether oxygens (including phenoxy) is 1. The van der Waals surface area contributed by atoms with Gasteiger partial charge in [-0.05, 0) is 37.2 Å². The van der Waals surface area contributed by atoms with Crippen molar-refractivity contribution in [1.29, 1.82) is 0 Å². The highest BCUT2D eigenvalue weighted by Crippen LogP contribution is 2.32. The third kappa shape index (κ3) is 3.05. The number of methoxy groups -OCH3 is 1. The van der Waals surface area contributed by atoms with Crippen LogP contribution in [0.4, 0.5) is 0 Å². The molecule has 1 unspecified atom stereocenters. The van der Waals surface area contributed by atoms with Crippen molar-refractivity contribution in [3.8, 4) is 0 Å². The molecule has 0 aromatic heterocycles. The summed E-state index contributed by atoms with van der Waals surface area (Å²) in [6.45, 7) is 4.53. The second kappa shape index (κ2) is 5.66. The highest BCUT2D eigenvalue weighted by atomic mass is 16.5. The molecule has 1 rings (SSSR count). The van der Waals surface area contributed by atoms with E-state index in [9.17, 15) is 5.11 Å². The Bertz CT molecular complexity index is 221. The van der Waals surface area contributed by atoms with Crippen LogP contribution < -0.4 is 0 Å². The average Bonchev–Trinajstić information content (AvgIpc) is 2.45. The Labute approximate surface area is 93.3 Å². The van der Waals surface area contributed by atoms with Gasteiger partial charge in [0.15, 0.2) is 0 Å². The largest absolute Gasteiger partial charge is 0.383 e. The summed E-state index contributed by atoms with van der Waals surface area (Å²) in [5.41, 5.74) is 0.441. The lowest BCUT2D eigenvalue weighted by Crippen LogP contribution is -2.41. The summed E-state index contributed by atoms with van der Waals surface area (Å²) in [6.07, 6.45) is 8.09. The second-order valence-electron chi connectivity index (χ2n) is 4.84. The van der Waals surface area contributed by atoms with Crippen LogP contribution in [-0.2, 0) is 4.74 Å². The Morgan fingerprint density at radius 2 is 2.13 bits per heavy atom. The zero-order valence-electron chi connectivity index (χ0n) is 10.3. The maximum atomic E-state index is 10.6. The summed E-state index contributed by atoms with van der Waals surface area (Å²) in [5, 5.41) is 10.6. The van der Waals surface area contributed by atoms with E-state index in [0.717, 1.165) is 12.8 Å². The van der Waals surface area contributed by atoms with Gasteiger partial charge >= 0.3 is 0 Å². The number of rotatable bonds is 4. The van der Waals surface area contributed by atoms with E-state index in [1.807, 2.05) is 0 Å². The molecule has 0 aromatic carbocycles. The Balaban J connectivity index is 2.81. The Morgan fingerprint density at radius 1 is 1.40 bits per heavy atom. The molecular weight excluding hydrogens is 188 g/mol. The maximum absolute atomic E-state index is 10.6. The molecule has 0 heterocycles. The molecule has 0 aromatic rings. The van der Waals surface area contributed by atoms with Gasteiger partial charge in [0.2, 0.25) is 0 Å². The van der Waals surface area contributed by atoms with Gasteiger partial charge in [0.05, 0.1) is 6.61 Å². The van der Waals surface area contributed by atoms with Crippen molar-refractivity contribution in [3.63, 3.8) is 0 Å². The summed E-state index contributed by atoms with van der Waals surface area (Å²) >= 11 is 0. The van der Waals surface area contributed by atoms with Crippen LogP contribution in [0.1, 0.15) is 46.0 Å². The highest BCUT2D eigenvalue weighted by Gasteiger charge is 2.34. The van der Waals surface area contributed by atoms with Crippen LogP contribution in [0.2, 0.25) is 0 Å². The third-order valence-corrected chi connectivity index (χ3v) is 3.42. The summed E-state index contributed by atoms with van der Waals surface area (Å²) in [4.78, 5) is 0. The average molecular weight is 212 g/mol. The number of allylic oxidation sites excluding steroid dienone is 1. The first kappa shape index (κ1) is 12.7. The molecule has 2 nitrogen and oxygen atoms in total. The van der Waals surface area contributed by atoms with Crippen molar-refractivity contribution in [2.24, 2.45) is 5.92 Å². The fourth-order valence-corrected chi connectivity index (χ4v) is 2.26. The third-order valence-electron chi connectivity index (χ3n) is 3.42. The molecule has 1 N–H and O–H groups in total. The minimum atomic E-state index is -0.751. The van der Waals surface area contributed by atoms with Gasteiger partial charge in [-0.2, -0.15) is 0 Å². The highest BCUT2D eigenvalue weighted by molar-refractivity contribution is 5.19. The van der Waals surface area contributed by atoms with Crippen LogP contribution >= 0.6 is 0 Å². The molecule has 0 fully saturated rings. The number of aliphatic hydroxyl groups is 1. The van der Waals surface area contributed by atoms with Gasteiger partial charge in [-0.15, -0.1) is 0 Å². The molecule has 0 saturated heterocycles.